The molecule has 10 heteroatoms. The number of halogens is 1. The smallest absolute Gasteiger partial charge is 0.412 e. The van der Waals surface area contributed by atoms with Crippen molar-refractivity contribution < 1.29 is 28.9 Å². The van der Waals surface area contributed by atoms with Crippen LogP contribution in [0.15, 0.2) is 42.5 Å². The van der Waals surface area contributed by atoms with E-state index in [2.05, 4.69) is 40.5 Å². The van der Waals surface area contributed by atoms with E-state index in [1.165, 1.54) is 13.2 Å². The standard InChI is InChI=1S/C21H21IN2O6S/c1-28-18(8-9-29-19(26)12-31)20(16-10-14(22)4-7-17(16)25)30-21(27)24-15-5-2-13(11-23)3-6-15/h2-7,10,18,20,25,31H,8-9,12H2,1H3,(H,24,27)/t18-,20-/m1/s1. The quantitative estimate of drug-likeness (QED) is 0.243. The second kappa shape index (κ2) is 12.4. The van der Waals surface area contributed by atoms with Crippen molar-refractivity contribution >= 4 is 53.0 Å². The number of nitriles is 1. The highest BCUT2D eigenvalue weighted by atomic mass is 127. The monoisotopic (exact) mass is 556 g/mol. The third kappa shape index (κ3) is 7.61. The number of rotatable bonds is 9. The summed E-state index contributed by atoms with van der Waals surface area (Å²) in [4.78, 5) is 23.9. The molecule has 0 radical (unpaired) electrons. The van der Waals surface area contributed by atoms with Gasteiger partial charge < -0.3 is 19.3 Å². The van der Waals surface area contributed by atoms with Gasteiger partial charge in [-0.2, -0.15) is 17.9 Å². The number of phenolic OH excluding ortho intramolecular Hbond substituents is 1. The molecule has 0 unspecified atom stereocenters. The number of thiol groups is 1. The van der Waals surface area contributed by atoms with Gasteiger partial charge in [0.05, 0.1) is 24.0 Å². The number of hydrogen-bond acceptors (Lipinski definition) is 8. The molecule has 8 nitrogen and oxygen atoms in total. The molecule has 0 aliphatic carbocycles. The van der Waals surface area contributed by atoms with Gasteiger partial charge in [-0.25, -0.2) is 4.79 Å². The Labute approximate surface area is 199 Å². The number of ether oxygens (including phenoxy) is 3. The van der Waals surface area contributed by atoms with Crippen molar-refractivity contribution in [2.75, 3.05) is 24.8 Å². The Balaban J connectivity index is 2.21. The van der Waals surface area contributed by atoms with Gasteiger partial charge in [0.25, 0.3) is 0 Å². The molecule has 164 valence electrons. The van der Waals surface area contributed by atoms with Crippen molar-refractivity contribution in [3.05, 3.63) is 57.2 Å². The van der Waals surface area contributed by atoms with Crippen LogP contribution in [0, 0.1) is 14.9 Å². The third-order valence-corrected chi connectivity index (χ3v) is 5.15. The zero-order valence-electron chi connectivity index (χ0n) is 16.6. The average molecular weight is 556 g/mol. The summed E-state index contributed by atoms with van der Waals surface area (Å²) in [6, 6.07) is 13.2. The first kappa shape index (κ1) is 24.8. The Morgan fingerprint density at radius 1 is 1.26 bits per heavy atom. The lowest BCUT2D eigenvalue weighted by molar-refractivity contribution is -0.141. The molecule has 2 aromatic carbocycles. The van der Waals surface area contributed by atoms with E-state index in [-0.39, 0.29) is 24.5 Å². The molecule has 2 N–H and O–H groups in total. The number of esters is 1. The second-order valence-electron chi connectivity index (χ2n) is 6.28. The minimum atomic E-state index is -0.979. The normalized spacial score (nSPS) is 12.3. The molecule has 0 aliphatic heterocycles. The van der Waals surface area contributed by atoms with Crippen molar-refractivity contribution in [3.63, 3.8) is 0 Å². The lowest BCUT2D eigenvalue weighted by Gasteiger charge is -2.27. The number of methoxy groups -OCH3 is 1. The van der Waals surface area contributed by atoms with E-state index in [1.54, 1.807) is 36.4 Å². The summed E-state index contributed by atoms with van der Waals surface area (Å²) >= 11 is 5.94. The van der Waals surface area contributed by atoms with Crippen LogP contribution in [0.4, 0.5) is 10.5 Å². The molecule has 31 heavy (non-hydrogen) atoms. The van der Waals surface area contributed by atoms with Gasteiger partial charge in [0.2, 0.25) is 0 Å². The van der Waals surface area contributed by atoms with Gasteiger partial charge in [-0.3, -0.25) is 10.1 Å². The van der Waals surface area contributed by atoms with Gasteiger partial charge >= 0.3 is 12.1 Å². The fourth-order valence-corrected chi connectivity index (χ4v) is 3.32. The summed E-state index contributed by atoms with van der Waals surface area (Å²) < 4.78 is 17.0. The van der Waals surface area contributed by atoms with E-state index < -0.39 is 24.3 Å². The number of carbonyl (C=O) groups is 2. The topological polar surface area (TPSA) is 118 Å². The van der Waals surface area contributed by atoms with E-state index in [9.17, 15) is 14.7 Å². The van der Waals surface area contributed by atoms with Gasteiger partial charge in [-0.1, -0.05) is 0 Å². The summed E-state index contributed by atoms with van der Waals surface area (Å²) in [5.41, 5.74) is 1.25. The highest BCUT2D eigenvalue weighted by molar-refractivity contribution is 14.1. The minimum Gasteiger partial charge on any atom is -0.508 e. The van der Waals surface area contributed by atoms with E-state index in [1.807, 2.05) is 6.07 Å². The van der Waals surface area contributed by atoms with Crippen molar-refractivity contribution in [2.24, 2.45) is 0 Å². The van der Waals surface area contributed by atoms with Crippen LogP contribution in [0.5, 0.6) is 5.75 Å². The molecule has 0 bridgehead atoms. The molecule has 0 aliphatic rings. The van der Waals surface area contributed by atoms with Crippen LogP contribution in [0.25, 0.3) is 0 Å². The predicted molar refractivity (Wildman–Crippen MR) is 125 cm³/mol. The van der Waals surface area contributed by atoms with Gasteiger partial charge in [0, 0.05) is 28.4 Å². The van der Waals surface area contributed by atoms with Crippen LogP contribution in [0.1, 0.15) is 23.7 Å². The fourth-order valence-electron chi connectivity index (χ4n) is 2.71. The molecule has 0 heterocycles. The van der Waals surface area contributed by atoms with Gasteiger partial charge in [0.1, 0.15) is 11.9 Å². The van der Waals surface area contributed by atoms with Gasteiger partial charge in [0.15, 0.2) is 6.10 Å². The maximum atomic E-state index is 12.6. The first-order valence-corrected chi connectivity index (χ1v) is 10.8. The van der Waals surface area contributed by atoms with Gasteiger partial charge in [-0.15, -0.1) is 0 Å². The maximum absolute atomic E-state index is 12.6. The molecule has 2 rings (SSSR count). The van der Waals surface area contributed by atoms with E-state index in [0.717, 1.165) is 3.57 Å². The summed E-state index contributed by atoms with van der Waals surface area (Å²) in [6.07, 6.45) is -2.24. The van der Waals surface area contributed by atoms with Gasteiger partial charge in [-0.05, 0) is 65.1 Å². The Bertz CT molecular complexity index is 948. The lowest BCUT2D eigenvalue weighted by Crippen LogP contribution is -2.29. The molecule has 2 atom stereocenters. The average Bonchev–Trinajstić information content (AvgIpc) is 2.77. The molecule has 0 aromatic heterocycles. The highest BCUT2D eigenvalue weighted by Gasteiger charge is 2.30. The van der Waals surface area contributed by atoms with Crippen molar-refractivity contribution in [3.8, 4) is 11.8 Å². The van der Waals surface area contributed by atoms with Crippen LogP contribution in [-0.2, 0) is 19.0 Å². The van der Waals surface area contributed by atoms with Crippen molar-refractivity contribution in [1.29, 1.82) is 5.26 Å². The van der Waals surface area contributed by atoms with E-state index in [0.29, 0.717) is 16.8 Å². The number of anilines is 1. The zero-order valence-corrected chi connectivity index (χ0v) is 19.6. The SMILES string of the molecule is CO[C@H](CCOC(=O)CS)[C@H](OC(=O)Nc1ccc(C#N)cc1)c1cc(I)ccc1O. The number of aromatic hydroxyl groups is 1. The minimum absolute atomic E-state index is 0.0275. The largest absolute Gasteiger partial charge is 0.508 e. The molecule has 1 amide bonds. The highest BCUT2D eigenvalue weighted by Crippen LogP contribution is 2.33. The van der Waals surface area contributed by atoms with Crippen LogP contribution >= 0.6 is 35.2 Å². The summed E-state index contributed by atoms with van der Waals surface area (Å²) in [5.74, 6) is -0.597. The second-order valence-corrected chi connectivity index (χ2v) is 7.85. The van der Waals surface area contributed by atoms with E-state index in [4.69, 9.17) is 19.5 Å². The lowest BCUT2D eigenvalue weighted by atomic mass is 10.0. The molecular formula is C21H21IN2O6S. The first-order valence-electron chi connectivity index (χ1n) is 9.13. The summed E-state index contributed by atoms with van der Waals surface area (Å²) in [6.45, 7) is 0.0275. The maximum Gasteiger partial charge on any atom is 0.412 e. The predicted octanol–water partition coefficient (Wildman–Crippen LogP) is 4.04. The van der Waals surface area contributed by atoms with E-state index >= 15 is 0 Å². The van der Waals surface area contributed by atoms with Crippen LogP contribution < -0.4 is 5.32 Å². The molecule has 2 aromatic rings. The number of amides is 1. The molecule has 0 fully saturated rings. The number of hydrogen-bond donors (Lipinski definition) is 3. The molecule has 0 spiro atoms. The van der Waals surface area contributed by atoms with Crippen LogP contribution in [-0.4, -0.2) is 42.7 Å². The Morgan fingerprint density at radius 2 is 1.97 bits per heavy atom. The number of nitrogens with zero attached hydrogens (tertiary/aromatic N) is 1. The molecule has 0 saturated carbocycles. The van der Waals surface area contributed by atoms with Crippen LogP contribution in [0.3, 0.4) is 0 Å². The van der Waals surface area contributed by atoms with Crippen molar-refractivity contribution in [1.82, 2.24) is 0 Å². The number of carbonyl (C=O) groups excluding carboxylic acids is 2. The Morgan fingerprint density at radius 3 is 2.58 bits per heavy atom. The Kier molecular flexibility index (Phi) is 9.90. The molecular weight excluding hydrogens is 535 g/mol. The first-order chi connectivity index (χ1) is 14.9. The van der Waals surface area contributed by atoms with Crippen molar-refractivity contribution in [2.45, 2.75) is 18.6 Å². The molecule has 0 saturated heterocycles. The Hall–Kier alpha value is -2.49. The zero-order chi connectivity index (χ0) is 22.8. The number of phenols is 1. The number of nitrogens with one attached hydrogen (secondary N) is 1. The van der Waals surface area contributed by atoms with Crippen LogP contribution in [0.2, 0.25) is 0 Å². The number of benzene rings is 2. The summed E-state index contributed by atoms with van der Waals surface area (Å²) in [5, 5.41) is 21.8. The third-order valence-electron chi connectivity index (χ3n) is 4.23. The fraction of sp³-hybridized carbons (Fsp3) is 0.286. The summed E-state index contributed by atoms with van der Waals surface area (Å²) in [7, 11) is 1.44.